The minimum atomic E-state index is 0.373. The van der Waals surface area contributed by atoms with Crippen molar-refractivity contribution < 1.29 is 9.84 Å². The fraction of sp³-hybridized carbons (Fsp3) is 1.00. The molecule has 1 N–H and O–H groups in total. The molecule has 0 aliphatic rings. The quantitative estimate of drug-likeness (QED) is 0.219. The first-order valence-electron chi connectivity index (χ1n) is 12.0. The van der Waals surface area contributed by atoms with Gasteiger partial charge in [0.15, 0.2) is 0 Å². The van der Waals surface area contributed by atoms with Crippen molar-refractivity contribution in [2.24, 2.45) is 0 Å². The maximum Gasteiger partial charge on any atom is 0.0465 e. The van der Waals surface area contributed by atoms with Gasteiger partial charge in [0.2, 0.25) is 0 Å². The van der Waals surface area contributed by atoms with E-state index in [1.54, 1.807) is 0 Å². The number of hydrogen-bond donors (Lipinski definition) is 1. The number of rotatable bonds is 20. The number of aliphatic hydroxyl groups is 1. The van der Waals surface area contributed by atoms with Gasteiger partial charge in [-0.25, -0.2) is 0 Å². The molecule has 0 amide bonds. The van der Waals surface area contributed by atoms with Gasteiger partial charge in [0.25, 0.3) is 0 Å². The summed E-state index contributed by atoms with van der Waals surface area (Å²) in [7, 11) is 0. The Hall–Kier alpha value is -0.0800. The number of ether oxygens (including phenoxy) is 1. The molecule has 0 bridgehead atoms. The third kappa shape index (κ3) is 31.7. The molecule has 0 aromatic carbocycles. The maximum absolute atomic E-state index is 8.64. The first-order chi connectivity index (χ1) is 12.8. The second-order valence-corrected chi connectivity index (χ2v) is 7.64. The summed E-state index contributed by atoms with van der Waals surface area (Å²) in [6.45, 7) is 8.93. The van der Waals surface area contributed by atoms with E-state index in [4.69, 9.17) is 9.84 Å². The predicted octanol–water partition coefficient (Wildman–Crippen LogP) is 8.06. The molecule has 0 aromatic rings. The van der Waals surface area contributed by atoms with Gasteiger partial charge >= 0.3 is 0 Å². The average molecular weight is 373 g/mol. The van der Waals surface area contributed by atoms with E-state index < -0.39 is 0 Å². The van der Waals surface area contributed by atoms with E-state index in [1.165, 1.54) is 109 Å². The van der Waals surface area contributed by atoms with Crippen LogP contribution in [0.1, 0.15) is 136 Å². The molecule has 0 fully saturated rings. The smallest absolute Gasteiger partial charge is 0.0465 e. The molecule has 0 heterocycles. The Kier molecular flexibility index (Phi) is 32.1. The van der Waals surface area contributed by atoms with E-state index in [9.17, 15) is 0 Å². The van der Waals surface area contributed by atoms with Gasteiger partial charge in [-0.2, -0.15) is 0 Å². The van der Waals surface area contributed by atoms with Crippen molar-refractivity contribution in [1.82, 2.24) is 0 Å². The summed E-state index contributed by atoms with van der Waals surface area (Å²) in [5, 5.41) is 8.64. The molecule has 0 atom stereocenters. The molecule has 0 saturated heterocycles. The van der Waals surface area contributed by atoms with Gasteiger partial charge in [0, 0.05) is 19.8 Å². The molecular formula is C24H52O2. The SMILES string of the molecule is CCCCCCCCCCCCCCCCO.CCCCOCCCC. The van der Waals surface area contributed by atoms with Crippen molar-refractivity contribution in [3.63, 3.8) is 0 Å². The van der Waals surface area contributed by atoms with E-state index in [-0.39, 0.29) is 0 Å². The molecule has 0 rings (SSSR count). The Morgan fingerprint density at radius 2 is 0.731 bits per heavy atom. The summed E-state index contributed by atoms with van der Waals surface area (Å²) in [6, 6.07) is 0. The zero-order valence-corrected chi connectivity index (χ0v) is 18.7. The summed E-state index contributed by atoms with van der Waals surface area (Å²) in [4.78, 5) is 0. The van der Waals surface area contributed by atoms with Crippen LogP contribution in [0.4, 0.5) is 0 Å². The van der Waals surface area contributed by atoms with E-state index in [1.807, 2.05) is 0 Å². The monoisotopic (exact) mass is 372 g/mol. The van der Waals surface area contributed by atoms with Crippen molar-refractivity contribution in [2.45, 2.75) is 136 Å². The van der Waals surface area contributed by atoms with Crippen molar-refractivity contribution in [1.29, 1.82) is 0 Å². The zero-order chi connectivity index (χ0) is 19.6. The fourth-order valence-corrected chi connectivity index (χ4v) is 2.90. The van der Waals surface area contributed by atoms with Gasteiger partial charge in [-0.15, -0.1) is 0 Å². The highest BCUT2D eigenvalue weighted by Crippen LogP contribution is 2.12. The molecule has 0 unspecified atom stereocenters. The maximum atomic E-state index is 8.64. The highest BCUT2D eigenvalue weighted by Gasteiger charge is 1.93. The lowest BCUT2D eigenvalue weighted by Gasteiger charge is -2.02. The largest absolute Gasteiger partial charge is 0.396 e. The molecule has 0 aliphatic carbocycles. The lowest BCUT2D eigenvalue weighted by atomic mass is 10.0. The first kappa shape index (κ1) is 28.1. The standard InChI is InChI=1S/C16H34O.C8H18O/c1-2-3-4-5-6-7-8-9-10-11-12-13-14-15-16-17;1-3-5-7-9-8-6-4-2/h17H,2-16H2,1H3;3-8H2,1-2H3. The summed E-state index contributed by atoms with van der Waals surface area (Å²) in [5.74, 6) is 0. The molecule has 2 nitrogen and oxygen atoms in total. The topological polar surface area (TPSA) is 29.5 Å². The van der Waals surface area contributed by atoms with Gasteiger partial charge in [-0.3, -0.25) is 0 Å². The van der Waals surface area contributed by atoms with E-state index in [0.29, 0.717) is 6.61 Å². The minimum absolute atomic E-state index is 0.373. The van der Waals surface area contributed by atoms with Crippen LogP contribution < -0.4 is 0 Å². The van der Waals surface area contributed by atoms with Crippen LogP contribution in [0.2, 0.25) is 0 Å². The van der Waals surface area contributed by atoms with E-state index >= 15 is 0 Å². The van der Waals surface area contributed by atoms with E-state index in [0.717, 1.165) is 19.6 Å². The molecule has 2 heteroatoms. The number of unbranched alkanes of at least 4 members (excludes halogenated alkanes) is 15. The highest BCUT2D eigenvalue weighted by atomic mass is 16.5. The van der Waals surface area contributed by atoms with Gasteiger partial charge in [-0.05, 0) is 19.3 Å². The van der Waals surface area contributed by atoms with Crippen LogP contribution in [0.3, 0.4) is 0 Å². The Balaban J connectivity index is 0. The Bertz CT molecular complexity index is 186. The molecule has 0 aromatic heterocycles. The molecule has 0 spiro atoms. The molecule has 0 saturated carbocycles. The molecule has 0 aliphatic heterocycles. The van der Waals surface area contributed by atoms with Crippen LogP contribution in [0.5, 0.6) is 0 Å². The number of hydrogen-bond acceptors (Lipinski definition) is 2. The minimum Gasteiger partial charge on any atom is -0.396 e. The second-order valence-electron chi connectivity index (χ2n) is 7.64. The Labute approximate surface area is 166 Å². The predicted molar refractivity (Wildman–Crippen MR) is 118 cm³/mol. The van der Waals surface area contributed by atoms with Crippen LogP contribution in [0, 0.1) is 0 Å². The van der Waals surface area contributed by atoms with Crippen LogP contribution in [-0.2, 0) is 4.74 Å². The Morgan fingerprint density at radius 1 is 0.423 bits per heavy atom. The molecular weight excluding hydrogens is 320 g/mol. The zero-order valence-electron chi connectivity index (χ0n) is 18.7. The molecule has 26 heavy (non-hydrogen) atoms. The normalized spacial score (nSPS) is 10.6. The van der Waals surface area contributed by atoms with Crippen LogP contribution >= 0.6 is 0 Å². The average Bonchev–Trinajstić information content (AvgIpc) is 2.66. The van der Waals surface area contributed by atoms with Gasteiger partial charge in [0.1, 0.15) is 0 Å². The molecule has 0 radical (unpaired) electrons. The molecule has 160 valence electrons. The van der Waals surface area contributed by atoms with Crippen LogP contribution in [0.25, 0.3) is 0 Å². The summed E-state index contributed by atoms with van der Waals surface area (Å²) >= 11 is 0. The van der Waals surface area contributed by atoms with Crippen LogP contribution in [-0.4, -0.2) is 24.9 Å². The van der Waals surface area contributed by atoms with Gasteiger partial charge in [-0.1, -0.05) is 117 Å². The third-order valence-corrected chi connectivity index (χ3v) is 4.80. The Morgan fingerprint density at radius 3 is 1.04 bits per heavy atom. The summed E-state index contributed by atoms with van der Waals surface area (Å²) in [6.07, 6.45) is 24.1. The lowest BCUT2D eigenvalue weighted by Crippen LogP contribution is -1.95. The van der Waals surface area contributed by atoms with E-state index in [2.05, 4.69) is 20.8 Å². The second kappa shape index (κ2) is 29.7. The van der Waals surface area contributed by atoms with Crippen molar-refractivity contribution in [2.75, 3.05) is 19.8 Å². The van der Waals surface area contributed by atoms with Gasteiger partial charge < -0.3 is 9.84 Å². The first-order valence-corrected chi connectivity index (χ1v) is 12.0. The summed E-state index contributed by atoms with van der Waals surface area (Å²) < 4.78 is 5.31. The van der Waals surface area contributed by atoms with Crippen molar-refractivity contribution in [3.8, 4) is 0 Å². The van der Waals surface area contributed by atoms with Crippen molar-refractivity contribution >= 4 is 0 Å². The fourth-order valence-electron chi connectivity index (χ4n) is 2.90. The van der Waals surface area contributed by atoms with Gasteiger partial charge in [0.05, 0.1) is 0 Å². The summed E-state index contributed by atoms with van der Waals surface area (Å²) in [5.41, 5.74) is 0. The van der Waals surface area contributed by atoms with Crippen LogP contribution in [0.15, 0.2) is 0 Å². The number of aliphatic hydroxyl groups excluding tert-OH is 1. The lowest BCUT2D eigenvalue weighted by molar-refractivity contribution is 0.128. The third-order valence-electron chi connectivity index (χ3n) is 4.80. The van der Waals surface area contributed by atoms with Crippen molar-refractivity contribution in [3.05, 3.63) is 0 Å². The highest BCUT2D eigenvalue weighted by molar-refractivity contribution is 4.49.